The van der Waals surface area contributed by atoms with Crippen molar-refractivity contribution in [1.82, 2.24) is 9.80 Å². The maximum absolute atomic E-state index is 12.3. The van der Waals surface area contributed by atoms with Gasteiger partial charge in [0.15, 0.2) is 5.78 Å². The molecule has 0 aromatic heterocycles. The molecule has 0 aromatic rings. The van der Waals surface area contributed by atoms with Crippen molar-refractivity contribution < 1.29 is 9.59 Å². The van der Waals surface area contributed by atoms with Crippen molar-refractivity contribution in [2.75, 3.05) is 26.7 Å². The molecule has 0 spiro atoms. The van der Waals surface area contributed by atoms with Gasteiger partial charge in [-0.05, 0) is 19.5 Å². The molecule has 0 radical (unpaired) electrons. The lowest BCUT2D eigenvalue weighted by atomic mass is 10.1. The van der Waals surface area contributed by atoms with E-state index in [1.165, 1.54) is 6.08 Å². The molecule has 0 aromatic carbocycles. The van der Waals surface area contributed by atoms with Crippen LogP contribution in [-0.4, -0.2) is 54.2 Å². The van der Waals surface area contributed by atoms with E-state index >= 15 is 0 Å². The van der Waals surface area contributed by atoms with Crippen molar-refractivity contribution in [1.29, 1.82) is 5.26 Å². The third-order valence-corrected chi connectivity index (χ3v) is 3.52. The number of ketones is 1. The Morgan fingerprint density at radius 2 is 2.28 bits per heavy atom. The lowest BCUT2D eigenvalue weighted by Crippen LogP contribution is -2.54. The first-order valence-corrected chi connectivity index (χ1v) is 6.21. The summed E-state index contributed by atoms with van der Waals surface area (Å²) in [6, 6.07) is 2.08. The number of carbonyl (C=O) groups is 2. The number of hydrogen-bond donors (Lipinski definition) is 0. The Kier molecular flexibility index (Phi) is 3.78. The minimum Gasteiger partial charge on any atom is -0.332 e. The molecule has 0 bridgehead atoms. The highest BCUT2D eigenvalue weighted by molar-refractivity contribution is 6.05. The third-order valence-electron chi connectivity index (χ3n) is 3.52. The molecular weight excluding hydrogens is 230 g/mol. The number of carbonyl (C=O) groups excluding carboxylic acids is 2. The van der Waals surface area contributed by atoms with Gasteiger partial charge in [-0.3, -0.25) is 9.59 Å². The number of rotatable bonds is 2. The molecule has 5 nitrogen and oxygen atoms in total. The topological polar surface area (TPSA) is 64.4 Å². The smallest absolute Gasteiger partial charge is 0.250 e. The summed E-state index contributed by atoms with van der Waals surface area (Å²) in [6.45, 7) is 2.17. The monoisotopic (exact) mass is 247 g/mol. The molecule has 96 valence electrons. The van der Waals surface area contributed by atoms with E-state index in [1.54, 1.807) is 4.90 Å². The van der Waals surface area contributed by atoms with Crippen molar-refractivity contribution in [3.63, 3.8) is 0 Å². The summed E-state index contributed by atoms with van der Waals surface area (Å²) in [5.41, 5.74) is 0.604. The number of piperazine rings is 1. The molecule has 1 aliphatic carbocycles. The SMILES string of the molecule is CN1CCN(C(=O)C2=CC(=O)CC2)[C@@H](CC#N)C1. The molecule has 2 rings (SSSR count). The van der Waals surface area contributed by atoms with E-state index in [9.17, 15) is 9.59 Å². The second kappa shape index (κ2) is 5.32. The fraction of sp³-hybridized carbons (Fsp3) is 0.615. The molecule has 1 heterocycles. The van der Waals surface area contributed by atoms with Gasteiger partial charge >= 0.3 is 0 Å². The van der Waals surface area contributed by atoms with Crippen LogP contribution in [0.25, 0.3) is 0 Å². The highest BCUT2D eigenvalue weighted by Gasteiger charge is 2.31. The molecule has 5 heteroatoms. The van der Waals surface area contributed by atoms with Crippen LogP contribution in [0.3, 0.4) is 0 Å². The first-order chi connectivity index (χ1) is 8.61. The van der Waals surface area contributed by atoms with Gasteiger partial charge in [-0.1, -0.05) is 0 Å². The number of nitrogens with zero attached hydrogens (tertiary/aromatic N) is 3. The standard InChI is InChI=1S/C13H17N3O2/c1-15-6-7-16(11(9-15)4-5-14)13(18)10-2-3-12(17)8-10/h8,11H,2-4,6-7,9H2,1H3/t11-/m0/s1. The Morgan fingerprint density at radius 1 is 1.50 bits per heavy atom. The quantitative estimate of drug-likeness (QED) is 0.705. The Labute approximate surface area is 107 Å². The Hall–Kier alpha value is -1.67. The van der Waals surface area contributed by atoms with Crippen molar-refractivity contribution in [2.24, 2.45) is 0 Å². The largest absolute Gasteiger partial charge is 0.332 e. The highest BCUT2D eigenvalue weighted by atomic mass is 16.2. The van der Waals surface area contributed by atoms with Crippen LogP contribution in [0.15, 0.2) is 11.6 Å². The zero-order valence-electron chi connectivity index (χ0n) is 10.6. The minimum absolute atomic E-state index is 0.0318. The maximum Gasteiger partial charge on any atom is 0.250 e. The van der Waals surface area contributed by atoms with Crippen molar-refractivity contribution in [3.05, 3.63) is 11.6 Å². The second-order valence-corrected chi connectivity index (χ2v) is 4.91. The lowest BCUT2D eigenvalue weighted by molar-refractivity contribution is -0.131. The fourth-order valence-corrected chi connectivity index (χ4v) is 2.51. The molecule has 18 heavy (non-hydrogen) atoms. The van der Waals surface area contributed by atoms with Crippen LogP contribution in [0.2, 0.25) is 0 Å². The van der Waals surface area contributed by atoms with E-state index in [4.69, 9.17) is 5.26 Å². The van der Waals surface area contributed by atoms with Gasteiger partial charge in [-0.25, -0.2) is 0 Å². The molecule has 1 saturated heterocycles. The van der Waals surface area contributed by atoms with Crippen LogP contribution >= 0.6 is 0 Å². The van der Waals surface area contributed by atoms with Gasteiger partial charge in [0.1, 0.15) is 0 Å². The van der Waals surface area contributed by atoms with Crippen LogP contribution < -0.4 is 0 Å². The van der Waals surface area contributed by atoms with Crippen LogP contribution in [-0.2, 0) is 9.59 Å². The average Bonchev–Trinajstić information content (AvgIpc) is 2.76. The van der Waals surface area contributed by atoms with Crippen molar-refractivity contribution in [3.8, 4) is 6.07 Å². The van der Waals surface area contributed by atoms with Gasteiger partial charge in [-0.2, -0.15) is 5.26 Å². The fourth-order valence-electron chi connectivity index (χ4n) is 2.51. The maximum atomic E-state index is 12.3. The molecular formula is C13H17N3O2. The molecule has 0 N–H and O–H groups in total. The van der Waals surface area contributed by atoms with Gasteiger partial charge in [0, 0.05) is 31.6 Å². The first-order valence-electron chi connectivity index (χ1n) is 6.21. The van der Waals surface area contributed by atoms with Gasteiger partial charge in [-0.15, -0.1) is 0 Å². The van der Waals surface area contributed by atoms with Gasteiger partial charge < -0.3 is 9.80 Å². The summed E-state index contributed by atoms with van der Waals surface area (Å²) in [6.07, 6.45) is 2.79. The van der Waals surface area contributed by atoms with Crippen LogP contribution in [0.1, 0.15) is 19.3 Å². The van der Waals surface area contributed by atoms with E-state index in [-0.39, 0.29) is 17.7 Å². The Morgan fingerprint density at radius 3 is 2.89 bits per heavy atom. The van der Waals surface area contributed by atoms with E-state index < -0.39 is 0 Å². The van der Waals surface area contributed by atoms with Gasteiger partial charge in [0.05, 0.1) is 18.5 Å². The van der Waals surface area contributed by atoms with Crippen molar-refractivity contribution in [2.45, 2.75) is 25.3 Å². The van der Waals surface area contributed by atoms with E-state index in [1.807, 2.05) is 7.05 Å². The predicted octanol–water partition coefficient (Wildman–Crippen LogP) is 0.332. The number of nitriles is 1. The highest BCUT2D eigenvalue weighted by Crippen LogP contribution is 2.21. The van der Waals surface area contributed by atoms with Crippen molar-refractivity contribution >= 4 is 11.7 Å². The predicted molar refractivity (Wildman–Crippen MR) is 65.6 cm³/mol. The zero-order valence-corrected chi connectivity index (χ0v) is 10.6. The molecule has 0 unspecified atom stereocenters. The molecule has 0 saturated carbocycles. The average molecular weight is 247 g/mol. The molecule has 1 amide bonds. The summed E-state index contributed by atoms with van der Waals surface area (Å²) in [7, 11) is 1.99. The number of amides is 1. The number of hydrogen-bond acceptors (Lipinski definition) is 4. The van der Waals surface area contributed by atoms with Crippen LogP contribution in [0, 0.1) is 11.3 Å². The molecule has 1 fully saturated rings. The Balaban J connectivity index is 2.10. The Bertz CT molecular complexity index is 436. The lowest BCUT2D eigenvalue weighted by Gasteiger charge is -2.39. The summed E-state index contributed by atoms with van der Waals surface area (Å²) in [4.78, 5) is 27.4. The van der Waals surface area contributed by atoms with Crippen LogP contribution in [0.5, 0.6) is 0 Å². The second-order valence-electron chi connectivity index (χ2n) is 4.91. The summed E-state index contributed by atoms with van der Waals surface area (Å²) < 4.78 is 0. The normalized spacial score (nSPS) is 24.9. The summed E-state index contributed by atoms with van der Waals surface area (Å²) >= 11 is 0. The zero-order chi connectivity index (χ0) is 13.1. The molecule has 1 atom stereocenters. The van der Waals surface area contributed by atoms with E-state index in [2.05, 4.69) is 11.0 Å². The summed E-state index contributed by atoms with van der Waals surface area (Å²) in [5.74, 6) is -0.0292. The minimum atomic E-state index is -0.0609. The van der Waals surface area contributed by atoms with Gasteiger partial charge in [0.25, 0.3) is 0 Å². The third kappa shape index (κ3) is 2.59. The van der Waals surface area contributed by atoms with Gasteiger partial charge in [0.2, 0.25) is 5.91 Å². The van der Waals surface area contributed by atoms with E-state index in [0.29, 0.717) is 31.4 Å². The summed E-state index contributed by atoms with van der Waals surface area (Å²) in [5, 5.41) is 8.84. The molecule has 1 aliphatic heterocycles. The number of likely N-dealkylation sites (N-methyl/N-ethyl adjacent to an activating group) is 1. The number of allylic oxidation sites excluding steroid dienone is 1. The van der Waals surface area contributed by atoms with E-state index in [0.717, 1.165) is 13.1 Å². The molecule has 2 aliphatic rings. The first kappa shape index (κ1) is 12.8. The van der Waals surface area contributed by atoms with Crippen LogP contribution in [0.4, 0.5) is 0 Å².